The van der Waals surface area contributed by atoms with Crippen molar-refractivity contribution in [3.05, 3.63) is 64.3 Å². The Morgan fingerprint density at radius 2 is 1.94 bits per heavy atom. The zero-order valence-electron chi connectivity index (χ0n) is 16.7. The van der Waals surface area contributed by atoms with Gasteiger partial charge in [0.25, 0.3) is 23.8 Å². The summed E-state index contributed by atoms with van der Waals surface area (Å²) in [6.07, 6.45) is 0.205. The molecule has 0 saturated heterocycles. The van der Waals surface area contributed by atoms with Crippen LogP contribution in [-0.4, -0.2) is 41.1 Å². The van der Waals surface area contributed by atoms with Gasteiger partial charge < -0.3 is 18.9 Å². The Balaban J connectivity index is 1.63. The van der Waals surface area contributed by atoms with E-state index in [1.807, 2.05) is 0 Å². The van der Waals surface area contributed by atoms with Crippen LogP contribution in [0.5, 0.6) is 11.6 Å². The van der Waals surface area contributed by atoms with E-state index in [9.17, 15) is 18.4 Å². The third-order valence-electron chi connectivity index (χ3n) is 4.91. The summed E-state index contributed by atoms with van der Waals surface area (Å²) in [6, 6.07) is 7.73. The minimum atomic E-state index is -2.64. The predicted molar refractivity (Wildman–Crippen MR) is 108 cm³/mol. The maximum absolute atomic E-state index is 12.8. The molecule has 3 aromatic rings. The Hall–Kier alpha value is -3.82. The van der Waals surface area contributed by atoms with Crippen molar-refractivity contribution in [2.45, 2.75) is 19.5 Å². The molecule has 0 saturated carbocycles. The molecule has 0 bridgehead atoms. The first-order chi connectivity index (χ1) is 14.9. The molecule has 1 amide bonds. The number of anilines is 1. The highest BCUT2D eigenvalue weighted by Gasteiger charge is 2.30. The number of rotatable bonds is 6. The third kappa shape index (κ3) is 3.83. The zero-order chi connectivity index (χ0) is 22.1. The highest BCUT2D eigenvalue weighted by Crippen LogP contribution is 2.32. The second-order valence-corrected chi connectivity index (χ2v) is 6.78. The van der Waals surface area contributed by atoms with Crippen LogP contribution >= 0.6 is 0 Å². The average Bonchev–Trinajstić information content (AvgIpc) is 3.10. The first-order valence-electron chi connectivity index (χ1n) is 9.30. The number of halogens is 2. The van der Waals surface area contributed by atoms with E-state index >= 15 is 0 Å². The van der Waals surface area contributed by atoms with Gasteiger partial charge >= 0.3 is 0 Å². The van der Waals surface area contributed by atoms with Crippen molar-refractivity contribution < 1.29 is 23.0 Å². The molecule has 3 aromatic heterocycles. The average molecular weight is 428 g/mol. The van der Waals surface area contributed by atoms with Gasteiger partial charge in [-0.15, -0.1) is 0 Å². The Morgan fingerprint density at radius 1 is 1.13 bits per heavy atom. The number of hydrogen-bond donors (Lipinski definition) is 0. The molecule has 0 spiro atoms. The fourth-order valence-electron chi connectivity index (χ4n) is 3.39. The van der Waals surface area contributed by atoms with Gasteiger partial charge in [-0.2, -0.15) is 0 Å². The largest absolute Gasteiger partial charge is 0.491 e. The minimum absolute atomic E-state index is 0.154. The van der Waals surface area contributed by atoms with Gasteiger partial charge in [0, 0.05) is 24.0 Å². The fourth-order valence-corrected chi connectivity index (χ4v) is 3.39. The van der Waals surface area contributed by atoms with Crippen molar-refractivity contribution in [3.63, 3.8) is 0 Å². The summed E-state index contributed by atoms with van der Waals surface area (Å²) in [5.74, 6) is 0.477. The number of alkyl halides is 2. The SMILES string of the molecule is COc1cc(-c2ccc3c(n2)CN(c2ccn(CC(F)F)c(=O)c2)C3=O)cnc1OC. The van der Waals surface area contributed by atoms with Gasteiger partial charge in [-0.1, -0.05) is 0 Å². The molecule has 1 aliphatic rings. The van der Waals surface area contributed by atoms with Gasteiger partial charge in [-0.3, -0.25) is 14.6 Å². The molecule has 1 aliphatic heterocycles. The predicted octanol–water partition coefficient (Wildman–Crippen LogP) is 2.75. The first kappa shape index (κ1) is 20.5. The van der Waals surface area contributed by atoms with Crippen molar-refractivity contribution in [2.75, 3.05) is 19.1 Å². The Bertz CT molecular complexity index is 1210. The van der Waals surface area contributed by atoms with Gasteiger partial charge in [0.15, 0.2) is 5.75 Å². The summed E-state index contributed by atoms with van der Waals surface area (Å²) in [5, 5.41) is 0. The second-order valence-electron chi connectivity index (χ2n) is 6.78. The normalized spacial score (nSPS) is 12.9. The highest BCUT2D eigenvalue weighted by atomic mass is 19.3. The molecule has 0 radical (unpaired) electrons. The van der Waals surface area contributed by atoms with E-state index in [4.69, 9.17) is 9.47 Å². The summed E-state index contributed by atoms with van der Waals surface area (Å²) < 4.78 is 36.4. The van der Waals surface area contributed by atoms with Crippen LogP contribution in [0.3, 0.4) is 0 Å². The minimum Gasteiger partial charge on any atom is -0.491 e. The second kappa shape index (κ2) is 8.13. The molecule has 4 heterocycles. The molecule has 160 valence electrons. The Kier molecular flexibility index (Phi) is 5.37. The summed E-state index contributed by atoms with van der Waals surface area (Å²) in [6.45, 7) is -0.543. The number of carbonyl (C=O) groups is 1. The van der Waals surface area contributed by atoms with Crippen LogP contribution in [0.4, 0.5) is 14.5 Å². The topological polar surface area (TPSA) is 86.6 Å². The number of hydrogen-bond acceptors (Lipinski definition) is 6. The lowest BCUT2D eigenvalue weighted by Crippen LogP contribution is -2.27. The molecule has 0 N–H and O–H groups in total. The zero-order valence-corrected chi connectivity index (χ0v) is 16.7. The number of amides is 1. The van der Waals surface area contributed by atoms with E-state index in [0.29, 0.717) is 39.8 Å². The maximum Gasteiger partial charge on any atom is 0.260 e. The molecule has 31 heavy (non-hydrogen) atoms. The van der Waals surface area contributed by atoms with Crippen molar-refractivity contribution in [2.24, 2.45) is 0 Å². The van der Waals surface area contributed by atoms with Crippen molar-refractivity contribution in [1.82, 2.24) is 14.5 Å². The number of methoxy groups -OCH3 is 2. The van der Waals surface area contributed by atoms with Crippen LogP contribution < -0.4 is 19.9 Å². The number of nitrogens with zero attached hydrogens (tertiary/aromatic N) is 4. The van der Waals surface area contributed by atoms with Gasteiger partial charge in [-0.05, 0) is 24.3 Å². The molecule has 0 aliphatic carbocycles. The van der Waals surface area contributed by atoms with E-state index in [1.165, 1.54) is 37.4 Å². The quantitative estimate of drug-likeness (QED) is 0.600. The maximum atomic E-state index is 12.8. The lowest BCUT2D eigenvalue weighted by Gasteiger charge is -2.16. The molecule has 10 heteroatoms. The van der Waals surface area contributed by atoms with E-state index in [1.54, 1.807) is 24.4 Å². The van der Waals surface area contributed by atoms with Crippen LogP contribution in [0, 0.1) is 0 Å². The Labute approximate surface area is 175 Å². The molecule has 0 unspecified atom stereocenters. The van der Waals surface area contributed by atoms with Crippen molar-refractivity contribution in [1.29, 1.82) is 0 Å². The van der Waals surface area contributed by atoms with Crippen molar-refractivity contribution >= 4 is 11.6 Å². The van der Waals surface area contributed by atoms with Gasteiger partial charge in [0.2, 0.25) is 0 Å². The van der Waals surface area contributed by atoms with E-state index in [2.05, 4.69) is 9.97 Å². The van der Waals surface area contributed by atoms with Crippen molar-refractivity contribution in [3.8, 4) is 22.9 Å². The standard InChI is InChI=1S/C21H18F2N4O4/c1-30-17-7-12(9-24-20(17)31-2)15-4-3-14-16(25-15)10-27(21(14)29)13-5-6-26(11-18(22)23)19(28)8-13/h3-9,18H,10-11H2,1-2H3. The number of fused-ring (bicyclic) bond motifs is 1. The first-order valence-corrected chi connectivity index (χ1v) is 9.30. The van der Waals surface area contributed by atoms with Crippen LogP contribution in [-0.2, 0) is 13.1 Å². The van der Waals surface area contributed by atoms with E-state index < -0.39 is 18.5 Å². The molecule has 4 rings (SSSR count). The van der Waals surface area contributed by atoms with Gasteiger partial charge in [0.1, 0.15) is 0 Å². The summed E-state index contributed by atoms with van der Waals surface area (Å²) >= 11 is 0. The van der Waals surface area contributed by atoms with Crippen LogP contribution in [0.2, 0.25) is 0 Å². The Morgan fingerprint density at radius 3 is 2.61 bits per heavy atom. The molecule has 0 aromatic carbocycles. The number of ether oxygens (including phenoxy) is 2. The monoisotopic (exact) mass is 428 g/mol. The number of pyridine rings is 3. The number of carbonyl (C=O) groups excluding carboxylic acids is 1. The summed E-state index contributed by atoms with van der Waals surface area (Å²) in [5.41, 5.74) is 1.94. The lowest BCUT2D eigenvalue weighted by atomic mass is 10.1. The molecular formula is C21H18F2N4O4. The van der Waals surface area contributed by atoms with Gasteiger partial charge in [0.05, 0.1) is 49.9 Å². The fraction of sp³-hybridized carbons (Fsp3) is 0.238. The molecule has 0 atom stereocenters. The molecule has 0 fully saturated rings. The van der Waals surface area contributed by atoms with Crippen LogP contribution in [0.1, 0.15) is 16.1 Å². The van der Waals surface area contributed by atoms with Crippen LogP contribution in [0.25, 0.3) is 11.3 Å². The van der Waals surface area contributed by atoms with Crippen LogP contribution in [0.15, 0.2) is 47.5 Å². The molecular weight excluding hydrogens is 410 g/mol. The van der Waals surface area contributed by atoms with E-state index in [-0.39, 0.29) is 12.5 Å². The molecule has 8 nitrogen and oxygen atoms in total. The summed E-state index contributed by atoms with van der Waals surface area (Å²) in [4.78, 5) is 35.1. The smallest absolute Gasteiger partial charge is 0.260 e. The third-order valence-corrected chi connectivity index (χ3v) is 4.91. The summed E-state index contributed by atoms with van der Waals surface area (Å²) in [7, 11) is 3.00. The highest BCUT2D eigenvalue weighted by molar-refractivity contribution is 6.09. The number of aromatic nitrogens is 3. The van der Waals surface area contributed by atoms with Gasteiger partial charge in [-0.25, -0.2) is 13.8 Å². The lowest BCUT2D eigenvalue weighted by molar-refractivity contribution is 0.0996. The van der Waals surface area contributed by atoms with E-state index in [0.717, 1.165) is 4.57 Å².